The summed E-state index contributed by atoms with van der Waals surface area (Å²) in [6, 6.07) is 5.01. The number of anilines is 1. The Bertz CT molecular complexity index is 574. The number of hydrogen-bond acceptors (Lipinski definition) is 5. The number of aromatic nitrogens is 2. The van der Waals surface area contributed by atoms with Crippen molar-refractivity contribution in [1.82, 2.24) is 9.97 Å². The van der Waals surface area contributed by atoms with Crippen LogP contribution in [0.3, 0.4) is 0 Å². The quantitative estimate of drug-likeness (QED) is 0.640. The second-order valence-electron chi connectivity index (χ2n) is 3.69. The van der Waals surface area contributed by atoms with Gasteiger partial charge in [0, 0.05) is 31.5 Å². The first-order valence-electron chi connectivity index (χ1n) is 5.27. The second-order valence-corrected chi connectivity index (χ2v) is 3.69. The van der Waals surface area contributed by atoms with Gasteiger partial charge in [0.05, 0.1) is 5.52 Å². The Morgan fingerprint density at radius 2 is 2.06 bits per heavy atom. The SMILES string of the molecule is CC(=O)Nc1ncc2ccc(OC(C)=O)cc2n1. The van der Waals surface area contributed by atoms with E-state index in [1.807, 2.05) is 0 Å². The molecule has 92 valence electrons. The molecule has 6 heteroatoms. The van der Waals surface area contributed by atoms with Gasteiger partial charge in [-0.3, -0.25) is 14.9 Å². The van der Waals surface area contributed by atoms with E-state index in [-0.39, 0.29) is 11.9 Å². The smallest absolute Gasteiger partial charge is 0.308 e. The van der Waals surface area contributed by atoms with Crippen LogP contribution in [0, 0.1) is 0 Å². The van der Waals surface area contributed by atoms with Crippen molar-refractivity contribution in [3.8, 4) is 5.75 Å². The van der Waals surface area contributed by atoms with E-state index in [0.717, 1.165) is 5.39 Å². The molecule has 2 rings (SSSR count). The molecule has 0 bridgehead atoms. The molecular weight excluding hydrogens is 234 g/mol. The minimum atomic E-state index is -0.398. The van der Waals surface area contributed by atoms with Crippen molar-refractivity contribution in [1.29, 1.82) is 0 Å². The molecule has 0 spiro atoms. The molecule has 0 fully saturated rings. The molecule has 0 radical (unpaired) electrons. The molecule has 1 amide bonds. The minimum absolute atomic E-state index is 0.218. The van der Waals surface area contributed by atoms with E-state index < -0.39 is 5.97 Å². The van der Waals surface area contributed by atoms with Gasteiger partial charge < -0.3 is 4.74 Å². The largest absolute Gasteiger partial charge is 0.427 e. The fourth-order valence-corrected chi connectivity index (χ4v) is 1.45. The van der Waals surface area contributed by atoms with Crippen LogP contribution < -0.4 is 10.1 Å². The van der Waals surface area contributed by atoms with Gasteiger partial charge in [0.15, 0.2) is 0 Å². The van der Waals surface area contributed by atoms with E-state index in [9.17, 15) is 9.59 Å². The van der Waals surface area contributed by atoms with E-state index in [0.29, 0.717) is 11.3 Å². The number of carbonyl (C=O) groups is 2. The van der Waals surface area contributed by atoms with E-state index in [1.165, 1.54) is 13.8 Å². The van der Waals surface area contributed by atoms with Crippen LogP contribution in [0.25, 0.3) is 10.9 Å². The van der Waals surface area contributed by atoms with Crippen LogP contribution >= 0.6 is 0 Å². The maximum atomic E-state index is 10.9. The average Bonchev–Trinajstić information content (AvgIpc) is 2.26. The summed E-state index contributed by atoms with van der Waals surface area (Å²) in [6.45, 7) is 2.70. The molecule has 1 aromatic carbocycles. The highest BCUT2D eigenvalue weighted by Crippen LogP contribution is 2.19. The maximum absolute atomic E-state index is 10.9. The molecule has 0 atom stereocenters. The maximum Gasteiger partial charge on any atom is 0.308 e. The topological polar surface area (TPSA) is 81.2 Å². The van der Waals surface area contributed by atoms with E-state index >= 15 is 0 Å². The Hall–Kier alpha value is -2.50. The predicted octanol–water partition coefficient (Wildman–Crippen LogP) is 1.51. The highest BCUT2D eigenvalue weighted by atomic mass is 16.5. The fourth-order valence-electron chi connectivity index (χ4n) is 1.45. The Kier molecular flexibility index (Phi) is 3.18. The van der Waals surface area contributed by atoms with Gasteiger partial charge in [-0.05, 0) is 12.1 Å². The van der Waals surface area contributed by atoms with Crippen LogP contribution in [0.4, 0.5) is 5.95 Å². The third-order valence-corrected chi connectivity index (χ3v) is 2.10. The highest BCUT2D eigenvalue weighted by Gasteiger charge is 2.04. The molecular formula is C12H11N3O3. The third-order valence-electron chi connectivity index (χ3n) is 2.10. The van der Waals surface area contributed by atoms with Crippen LogP contribution in [-0.2, 0) is 9.59 Å². The summed E-state index contributed by atoms with van der Waals surface area (Å²) >= 11 is 0. The van der Waals surface area contributed by atoms with E-state index in [2.05, 4.69) is 15.3 Å². The average molecular weight is 245 g/mol. The lowest BCUT2D eigenvalue weighted by atomic mass is 10.2. The second kappa shape index (κ2) is 4.79. The van der Waals surface area contributed by atoms with Crippen LogP contribution in [-0.4, -0.2) is 21.8 Å². The first-order valence-corrected chi connectivity index (χ1v) is 5.27. The van der Waals surface area contributed by atoms with Gasteiger partial charge in [-0.2, -0.15) is 0 Å². The lowest BCUT2D eigenvalue weighted by molar-refractivity contribution is -0.131. The zero-order valence-corrected chi connectivity index (χ0v) is 9.93. The Morgan fingerprint density at radius 1 is 1.28 bits per heavy atom. The summed E-state index contributed by atoms with van der Waals surface area (Å²) in [5, 5.41) is 3.28. The summed E-state index contributed by atoms with van der Waals surface area (Å²) in [5.74, 6) is -0.0200. The summed E-state index contributed by atoms with van der Waals surface area (Å²) in [4.78, 5) is 29.9. The van der Waals surface area contributed by atoms with Crippen LogP contribution in [0.5, 0.6) is 5.75 Å². The van der Waals surface area contributed by atoms with Crippen LogP contribution in [0.15, 0.2) is 24.4 Å². The molecule has 1 N–H and O–H groups in total. The zero-order chi connectivity index (χ0) is 13.1. The number of hydrogen-bond donors (Lipinski definition) is 1. The predicted molar refractivity (Wildman–Crippen MR) is 65.2 cm³/mol. The van der Waals surface area contributed by atoms with Gasteiger partial charge in [-0.25, -0.2) is 9.97 Å². The summed E-state index contributed by atoms with van der Waals surface area (Å²) in [6.07, 6.45) is 1.59. The monoisotopic (exact) mass is 245 g/mol. The van der Waals surface area contributed by atoms with Gasteiger partial charge in [-0.1, -0.05) is 0 Å². The number of nitrogens with zero attached hydrogens (tertiary/aromatic N) is 2. The summed E-state index contributed by atoms with van der Waals surface area (Å²) in [7, 11) is 0. The van der Waals surface area contributed by atoms with Gasteiger partial charge in [0.1, 0.15) is 5.75 Å². The molecule has 2 aromatic rings. The molecule has 1 heterocycles. The number of esters is 1. The minimum Gasteiger partial charge on any atom is -0.427 e. The standard InChI is InChI=1S/C12H11N3O3/c1-7(16)14-12-13-6-9-3-4-10(18-8(2)17)5-11(9)15-12/h3-6H,1-2H3,(H,13,14,15,16). The van der Waals surface area contributed by atoms with Gasteiger partial charge in [-0.15, -0.1) is 0 Å². The van der Waals surface area contributed by atoms with Crippen molar-refractivity contribution < 1.29 is 14.3 Å². The van der Waals surface area contributed by atoms with E-state index in [1.54, 1.807) is 24.4 Å². The van der Waals surface area contributed by atoms with E-state index in [4.69, 9.17) is 4.74 Å². The highest BCUT2D eigenvalue weighted by molar-refractivity contribution is 5.88. The molecule has 0 saturated carbocycles. The lowest BCUT2D eigenvalue weighted by Gasteiger charge is -2.04. The number of benzene rings is 1. The molecule has 0 saturated heterocycles. The van der Waals surface area contributed by atoms with Gasteiger partial charge in [0.2, 0.25) is 11.9 Å². The van der Waals surface area contributed by atoms with Crippen molar-refractivity contribution in [2.24, 2.45) is 0 Å². The Morgan fingerprint density at radius 3 is 2.72 bits per heavy atom. The van der Waals surface area contributed by atoms with Crippen molar-refractivity contribution in [3.05, 3.63) is 24.4 Å². The molecule has 0 aliphatic carbocycles. The number of carbonyl (C=O) groups excluding carboxylic acids is 2. The van der Waals surface area contributed by atoms with Crippen LogP contribution in [0.1, 0.15) is 13.8 Å². The zero-order valence-electron chi connectivity index (χ0n) is 9.93. The number of fused-ring (bicyclic) bond motifs is 1. The Balaban J connectivity index is 2.39. The first-order chi connectivity index (χ1) is 8.54. The lowest BCUT2D eigenvalue weighted by Crippen LogP contribution is -2.09. The molecule has 0 unspecified atom stereocenters. The normalized spacial score (nSPS) is 10.1. The molecule has 1 aromatic heterocycles. The van der Waals surface area contributed by atoms with Crippen LogP contribution in [0.2, 0.25) is 0 Å². The molecule has 18 heavy (non-hydrogen) atoms. The number of ether oxygens (including phenoxy) is 1. The number of nitrogens with one attached hydrogen (secondary N) is 1. The van der Waals surface area contributed by atoms with Crippen molar-refractivity contribution >= 4 is 28.7 Å². The van der Waals surface area contributed by atoms with Crippen molar-refractivity contribution in [3.63, 3.8) is 0 Å². The van der Waals surface area contributed by atoms with Gasteiger partial charge in [0.25, 0.3) is 0 Å². The first kappa shape index (κ1) is 12.0. The fraction of sp³-hybridized carbons (Fsp3) is 0.167. The number of amides is 1. The molecule has 0 aliphatic rings. The summed E-state index contributed by atoms with van der Waals surface area (Å²) < 4.78 is 4.96. The molecule has 0 aliphatic heterocycles. The summed E-state index contributed by atoms with van der Waals surface area (Å²) in [5.41, 5.74) is 0.590. The number of rotatable bonds is 2. The molecule has 6 nitrogen and oxygen atoms in total. The third kappa shape index (κ3) is 2.79. The Labute approximate surface area is 103 Å². The van der Waals surface area contributed by atoms with Gasteiger partial charge >= 0.3 is 5.97 Å². The van der Waals surface area contributed by atoms with Crippen molar-refractivity contribution in [2.75, 3.05) is 5.32 Å². The van der Waals surface area contributed by atoms with Crippen molar-refractivity contribution in [2.45, 2.75) is 13.8 Å².